The van der Waals surface area contributed by atoms with Gasteiger partial charge < -0.3 is 9.84 Å². The summed E-state index contributed by atoms with van der Waals surface area (Å²) in [6, 6.07) is 3.62. The quantitative estimate of drug-likeness (QED) is 0.705. The van der Waals surface area contributed by atoms with Crippen LogP contribution < -0.4 is 10.9 Å². The number of aryl methyl sites for hydroxylation is 1. The second-order valence-corrected chi connectivity index (χ2v) is 7.61. The molecule has 146 valence electrons. The van der Waals surface area contributed by atoms with E-state index in [0.717, 1.165) is 25.3 Å². The molecule has 0 saturated heterocycles. The molecule has 3 aromatic heterocycles. The number of amides is 1. The first-order valence-electron chi connectivity index (χ1n) is 9.12. The summed E-state index contributed by atoms with van der Waals surface area (Å²) >= 11 is 1.68. The van der Waals surface area contributed by atoms with E-state index in [1.807, 2.05) is 0 Å². The van der Waals surface area contributed by atoms with E-state index in [2.05, 4.69) is 37.2 Å². The maximum atomic E-state index is 12.6. The van der Waals surface area contributed by atoms with E-state index in [0.29, 0.717) is 30.1 Å². The SMILES string of the molecule is Cc1oncc1C(=O)NCc1cc(=O)n2c(n1)CN(Cc1ccsc1)CCC2. The molecule has 0 radical (unpaired) electrons. The number of hydrogen-bond donors (Lipinski definition) is 1. The van der Waals surface area contributed by atoms with Crippen molar-refractivity contribution < 1.29 is 9.32 Å². The molecule has 1 aliphatic heterocycles. The van der Waals surface area contributed by atoms with E-state index < -0.39 is 0 Å². The van der Waals surface area contributed by atoms with Crippen LogP contribution in [0.5, 0.6) is 0 Å². The van der Waals surface area contributed by atoms with E-state index >= 15 is 0 Å². The van der Waals surface area contributed by atoms with Crippen molar-refractivity contribution in [1.82, 2.24) is 24.9 Å². The van der Waals surface area contributed by atoms with E-state index in [1.165, 1.54) is 17.8 Å². The van der Waals surface area contributed by atoms with Gasteiger partial charge in [0.05, 0.1) is 25.0 Å². The molecule has 1 N–H and O–H groups in total. The zero-order valence-electron chi connectivity index (χ0n) is 15.6. The van der Waals surface area contributed by atoms with Gasteiger partial charge in [0.2, 0.25) is 0 Å². The van der Waals surface area contributed by atoms with E-state index in [-0.39, 0.29) is 18.0 Å². The van der Waals surface area contributed by atoms with Crippen molar-refractivity contribution in [3.05, 3.63) is 67.8 Å². The summed E-state index contributed by atoms with van der Waals surface area (Å²) in [4.78, 5) is 31.7. The van der Waals surface area contributed by atoms with Gasteiger partial charge >= 0.3 is 0 Å². The van der Waals surface area contributed by atoms with Gasteiger partial charge in [-0.25, -0.2) is 4.98 Å². The summed E-state index contributed by atoms with van der Waals surface area (Å²) in [5.74, 6) is 0.900. The predicted octanol–water partition coefficient (Wildman–Crippen LogP) is 1.94. The molecule has 4 heterocycles. The summed E-state index contributed by atoms with van der Waals surface area (Å²) < 4.78 is 6.65. The molecule has 8 nitrogen and oxygen atoms in total. The summed E-state index contributed by atoms with van der Waals surface area (Å²) in [7, 11) is 0. The molecule has 0 saturated carbocycles. The van der Waals surface area contributed by atoms with Crippen LogP contribution in [-0.4, -0.2) is 32.1 Å². The molecule has 0 aromatic carbocycles. The van der Waals surface area contributed by atoms with Crippen LogP contribution in [-0.2, 0) is 26.2 Å². The van der Waals surface area contributed by atoms with E-state index in [1.54, 1.807) is 22.8 Å². The smallest absolute Gasteiger partial charge is 0.256 e. The largest absolute Gasteiger partial charge is 0.361 e. The number of carbonyl (C=O) groups is 1. The van der Waals surface area contributed by atoms with E-state index in [9.17, 15) is 9.59 Å². The van der Waals surface area contributed by atoms with Gasteiger partial charge in [-0.15, -0.1) is 0 Å². The topological polar surface area (TPSA) is 93.3 Å². The number of nitrogens with one attached hydrogen (secondary N) is 1. The zero-order chi connectivity index (χ0) is 19.5. The molecule has 1 aliphatic rings. The Hall–Kier alpha value is -2.78. The summed E-state index contributed by atoms with van der Waals surface area (Å²) in [5.41, 5.74) is 2.13. The molecule has 0 fully saturated rings. The average molecular weight is 399 g/mol. The molecular formula is C19H21N5O3S. The Morgan fingerprint density at radius 2 is 2.29 bits per heavy atom. The van der Waals surface area contributed by atoms with Gasteiger partial charge in [0.25, 0.3) is 11.5 Å². The van der Waals surface area contributed by atoms with Gasteiger partial charge in [-0.1, -0.05) is 5.16 Å². The lowest BCUT2D eigenvalue weighted by Gasteiger charge is -2.19. The van der Waals surface area contributed by atoms with Crippen molar-refractivity contribution in [2.75, 3.05) is 6.54 Å². The van der Waals surface area contributed by atoms with Gasteiger partial charge in [-0.3, -0.25) is 19.1 Å². The predicted molar refractivity (Wildman–Crippen MR) is 104 cm³/mol. The fourth-order valence-electron chi connectivity index (χ4n) is 3.35. The number of hydrogen-bond acceptors (Lipinski definition) is 7. The fourth-order valence-corrected chi connectivity index (χ4v) is 4.01. The highest BCUT2D eigenvalue weighted by Gasteiger charge is 2.18. The zero-order valence-corrected chi connectivity index (χ0v) is 16.4. The minimum Gasteiger partial charge on any atom is -0.361 e. The van der Waals surface area contributed by atoms with Crippen LogP contribution in [0, 0.1) is 6.92 Å². The van der Waals surface area contributed by atoms with Crippen LogP contribution in [0.15, 0.2) is 38.4 Å². The second kappa shape index (κ2) is 8.07. The number of thiophene rings is 1. The highest BCUT2D eigenvalue weighted by molar-refractivity contribution is 7.07. The summed E-state index contributed by atoms with van der Waals surface area (Å²) in [6.45, 7) is 4.88. The Kier molecular flexibility index (Phi) is 5.36. The maximum Gasteiger partial charge on any atom is 0.256 e. The lowest BCUT2D eigenvalue weighted by atomic mass is 10.2. The number of nitrogens with zero attached hydrogens (tertiary/aromatic N) is 4. The fraction of sp³-hybridized carbons (Fsp3) is 0.368. The third kappa shape index (κ3) is 4.05. The van der Waals surface area contributed by atoms with Crippen molar-refractivity contribution in [1.29, 1.82) is 0 Å². The van der Waals surface area contributed by atoms with Gasteiger partial charge in [-0.05, 0) is 35.7 Å². The first-order valence-corrected chi connectivity index (χ1v) is 10.1. The second-order valence-electron chi connectivity index (χ2n) is 6.83. The van der Waals surface area contributed by atoms with Crippen molar-refractivity contribution in [2.45, 2.75) is 39.5 Å². The van der Waals surface area contributed by atoms with Gasteiger partial charge in [0.1, 0.15) is 17.1 Å². The first-order chi connectivity index (χ1) is 13.6. The first kappa shape index (κ1) is 18.6. The minimum atomic E-state index is -0.297. The van der Waals surface area contributed by atoms with E-state index in [4.69, 9.17) is 4.52 Å². The van der Waals surface area contributed by atoms with Crippen LogP contribution in [0.1, 0.15) is 39.6 Å². The third-order valence-electron chi connectivity index (χ3n) is 4.77. The Bertz CT molecular complexity index is 1020. The van der Waals surface area contributed by atoms with Crippen LogP contribution >= 0.6 is 11.3 Å². The monoisotopic (exact) mass is 399 g/mol. The molecule has 4 rings (SSSR count). The Morgan fingerprint density at radius 3 is 3.04 bits per heavy atom. The average Bonchev–Trinajstić information content (AvgIpc) is 3.28. The van der Waals surface area contributed by atoms with Crippen molar-refractivity contribution in [3.8, 4) is 0 Å². The van der Waals surface area contributed by atoms with Crippen molar-refractivity contribution in [2.24, 2.45) is 0 Å². The molecule has 9 heteroatoms. The normalized spacial score (nSPS) is 14.5. The van der Waals surface area contributed by atoms with Crippen LogP contribution in [0.4, 0.5) is 0 Å². The molecule has 0 spiro atoms. The molecule has 0 bridgehead atoms. The number of fused-ring (bicyclic) bond motifs is 1. The van der Waals surface area contributed by atoms with Crippen molar-refractivity contribution in [3.63, 3.8) is 0 Å². The van der Waals surface area contributed by atoms with Crippen LogP contribution in [0.3, 0.4) is 0 Å². The lowest BCUT2D eigenvalue weighted by molar-refractivity contribution is 0.0948. The van der Waals surface area contributed by atoms with Gasteiger partial charge in [0.15, 0.2) is 0 Å². The molecule has 1 amide bonds. The molecular weight excluding hydrogens is 378 g/mol. The summed E-state index contributed by atoms with van der Waals surface area (Å²) in [5, 5.41) is 10.6. The molecule has 0 unspecified atom stereocenters. The highest BCUT2D eigenvalue weighted by atomic mass is 32.1. The van der Waals surface area contributed by atoms with Crippen LogP contribution in [0.25, 0.3) is 0 Å². The molecule has 3 aromatic rings. The maximum absolute atomic E-state index is 12.6. The standard InChI is InChI=1S/C19H21N5O3S/c1-13-16(9-21-27-13)19(26)20-8-15-7-18(25)24-5-2-4-23(11-17(24)22-15)10-14-3-6-28-12-14/h3,6-7,9,12H,2,4-5,8,10-11H2,1H3,(H,20,26). The minimum absolute atomic E-state index is 0.0761. The Labute approximate surface area is 165 Å². The number of carbonyl (C=O) groups excluding carboxylic acids is 1. The molecule has 0 aliphatic carbocycles. The Morgan fingerprint density at radius 1 is 1.39 bits per heavy atom. The number of aromatic nitrogens is 3. The summed E-state index contributed by atoms with van der Waals surface area (Å²) in [6.07, 6.45) is 2.29. The molecule has 0 atom stereocenters. The third-order valence-corrected chi connectivity index (χ3v) is 5.51. The van der Waals surface area contributed by atoms with Gasteiger partial charge in [0, 0.05) is 25.7 Å². The Balaban J connectivity index is 1.49. The molecule has 28 heavy (non-hydrogen) atoms. The van der Waals surface area contributed by atoms with Gasteiger partial charge in [-0.2, -0.15) is 11.3 Å². The highest BCUT2D eigenvalue weighted by Crippen LogP contribution is 2.15. The lowest BCUT2D eigenvalue weighted by Crippen LogP contribution is -2.30. The van der Waals surface area contributed by atoms with Crippen molar-refractivity contribution >= 4 is 17.2 Å². The van der Waals surface area contributed by atoms with Crippen LogP contribution in [0.2, 0.25) is 0 Å². The number of rotatable bonds is 5.